The van der Waals surface area contributed by atoms with Crippen LogP contribution in [-0.4, -0.2) is 50.6 Å². The molecular weight excluding hydrogens is 357 g/mol. The smallest absolute Gasteiger partial charge is 0.246 e. The van der Waals surface area contributed by atoms with Gasteiger partial charge in [-0.3, -0.25) is 4.79 Å². The summed E-state index contributed by atoms with van der Waals surface area (Å²) in [5.41, 5.74) is 0.174. The molecule has 1 saturated heterocycles. The van der Waals surface area contributed by atoms with Crippen molar-refractivity contribution in [3.63, 3.8) is 0 Å². The van der Waals surface area contributed by atoms with Crippen LogP contribution in [0.25, 0.3) is 11.0 Å². The highest BCUT2D eigenvalue weighted by Crippen LogP contribution is 2.74. The monoisotopic (exact) mass is 383 g/mol. The lowest BCUT2D eigenvalue weighted by molar-refractivity contribution is -0.127. The van der Waals surface area contributed by atoms with Crippen LogP contribution in [-0.2, 0) is 10.2 Å². The lowest BCUT2D eigenvalue weighted by atomic mass is 9.90. The molecule has 0 bridgehead atoms. The summed E-state index contributed by atoms with van der Waals surface area (Å²) in [4.78, 5) is 25.9. The van der Waals surface area contributed by atoms with Crippen molar-refractivity contribution in [2.24, 2.45) is 5.92 Å². The van der Waals surface area contributed by atoms with Crippen LogP contribution in [0, 0.1) is 5.92 Å². The number of aromatic nitrogens is 3. The first-order valence-electron chi connectivity index (χ1n) is 10.2. The van der Waals surface area contributed by atoms with Crippen molar-refractivity contribution < 1.29 is 9.18 Å². The highest BCUT2D eigenvalue weighted by molar-refractivity contribution is 5.92. The van der Waals surface area contributed by atoms with E-state index >= 15 is 4.39 Å². The molecule has 148 valence electrons. The lowest BCUT2D eigenvalue weighted by Gasteiger charge is -2.33. The van der Waals surface area contributed by atoms with E-state index < -0.39 is 11.1 Å². The SMILES string of the molecule is C=CC(=O)N1CCC[C@@H](Nc2ncnc3[nH]cc([C@]45CCC[C@H]4C5(C)F)c23)C1. The minimum atomic E-state index is -1.16. The largest absolute Gasteiger partial charge is 0.365 e. The predicted molar refractivity (Wildman–Crippen MR) is 106 cm³/mol. The number of rotatable bonds is 4. The number of hydrogen-bond donors (Lipinski definition) is 2. The molecule has 2 N–H and O–H groups in total. The van der Waals surface area contributed by atoms with Crippen molar-refractivity contribution in [3.05, 3.63) is 30.7 Å². The Bertz CT molecular complexity index is 953. The van der Waals surface area contributed by atoms with Gasteiger partial charge in [0, 0.05) is 36.7 Å². The Morgan fingerprint density at radius 2 is 2.29 bits per heavy atom. The molecule has 0 spiro atoms. The molecule has 7 heteroatoms. The zero-order valence-corrected chi connectivity index (χ0v) is 16.2. The Hall–Kier alpha value is -2.44. The van der Waals surface area contributed by atoms with E-state index in [1.165, 1.54) is 12.4 Å². The third-order valence-corrected chi connectivity index (χ3v) is 7.30. The maximum atomic E-state index is 15.3. The van der Waals surface area contributed by atoms with Crippen molar-refractivity contribution in [1.82, 2.24) is 19.9 Å². The molecule has 2 aromatic rings. The zero-order chi connectivity index (χ0) is 19.5. The van der Waals surface area contributed by atoms with E-state index in [0.29, 0.717) is 6.54 Å². The summed E-state index contributed by atoms with van der Waals surface area (Å²) in [6, 6.07) is 0.103. The molecule has 2 aromatic heterocycles. The molecule has 3 heterocycles. The van der Waals surface area contributed by atoms with Crippen LogP contribution >= 0.6 is 0 Å². The molecule has 3 aliphatic rings. The standard InChI is InChI=1S/C21H26FN5O/c1-3-16(28)27-9-5-6-13(11-27)26-19-17-14(10-23-18(17)24-12-25-19)21-8-4-7-15(21)20(21,2)22/h3,10,12-13,15H,1,4-9,11H2,2H3,(H2,23,24,25,26)/t13-,15+,20?,21-/m1/s1. The fourth-order valence-electron chi connectivity index (χ4n) is 5.90. The first-order chi connectivity index (χ1) is 13.5. The molecule has 28 heavy (non-hydrogen) atoms. The highest BCUT2D eigenvalue weighted by Gasteiger charge is 2.77. The first kappa shape index (κ1) is 17.6. The Morgan fingerprint density at radius 3 is 3.04 bits per heavy atom. The fraction of sp³-hybridized carbons (Fsp3) is 0.571. The van der Waals surface area contributed by atoms with Gasteiger partial charge in [-0.05, 0) is 44.2 Å². The van der Waals surface area contributed by atoms with E-state index in [2.05, 4.69) is 26.8 Å². The fourth-order valence-corrected chi connectivity index (χ4v) is 5.90. The Kier molecular flexibility index (Phi) is 3.80. The van der Waals surface area contributed by atoms with Gasteiger partial charge in [0.1, 0.15) is 23.5 Å². The molecular formula is C21H26FN5O. The molecule has 0 radical (unpaired) electrons. The molecule has 6 nitrogen and oxygen atoms in total. The average molecular weight is 383 g/mol. The van der Waals surface area contributed by atoms with E-state index in [-0.39, 0.29) is 17.9 Å². The van der Waals surface area contributed by atoms with Crippen LogP contribution in [0.2, 0.25) is 0 Å². The second kappa shape index (κ2) is 6.03. The molecule has 2 aliphatic carbocycles. The van der Waals surface area contributed by atoms with Crippen molar-refractivity contribution >= 4 is 22.8 Å². The van der Waals surface area contributed by atoms with Gasteiger partial charge in [0.25, 0.3) is 0 Å². The van der Waals surface area contributed by atoms with Crippen LogP contribution < -0.4 is 5.32 Å². The van der Waals surface area contributed by atoms with Gasteiger partial charge >= 0.3 is 0 Å². The van der Waals surface area contributed by atoms with E-state index in [0.717, 1.165) is 61.1 Å². The van der Waals surface area contributed by atoms with E-state index in [9.17, 15) is 4.79 Å². The van der Waals surface area contributed by atoms with E-state index in [4.69, 9.17) is 0 Å². The average Bonchev–Trinajstić information content (AvgIpc) is 3.15. The maximum Gasteiger partial charge on any atom is 0.246 e. The number of hydrogen-bond acceptors (Lipinski definition) is 4. The molecule has 0 aromatic carbocycles. The number of H-pyrrole nitrogens is 1. The van der Waals surface area contributed by atoms with Crippen molar-refractivity contribution in [1.29, 1.82) is 0 Å². The number of carbonyl (C=O) groups is 1. The number of nitrogens with one attached hydrogen (secondary N) is 2. The summed E-state index contributed by atoms with van der Waals surface area (Å²) in [6.45, 7) is 6.70. The van der Waals surface area contributed by atoms with Crippen LogP contribution in [0.1, 0.15) is 44.6 Å². The van der Waals surface area contributed by atoms with Crippen LogP contribution in [0.15, 0.2) is 25.2 Å². The quantitative estimate of drug-likeness (QED) is 0.795. The van der Waals surface area contributed by atoms with Crippen LogP contribution in [0.4, 0.5) is 10.2 Å². The maximum absolute atomic E-state index is 15.3. The number of anilines is 1. The van der Waals surface area contributed by atoms with Gasteiger partial charge in [-0.2, -0.15) is 0 Å². The Balaban J connectivity index is 1.49. The molecule has 1 aliphatic heterocycles. The number of piperidine rings is 1. The van der Waals surface area contributed by atoms with Crippen molar-refractivity contribution in [3.8, 4) is 0 Å². The van der Waals surface area contributed by atoms with Gasteiger partial charge in [-0.25, -0.2) is 14.4 Å². The lowest BCUT2D eigenvalue weighted by Crippen LogP contribution is -2.44. The third-order valence-electron chi connectivity index (χ3n) is 7.30. The van der Waals surface area contributed by atoms with Gasteiger partial charge in [0.05, 0.1) is 5.39 Å². The summed E-state index contributed by atoms with van der Waals surface area (Å²) in [7, 11) is 0. The molecule has 1 unspecified atom stereocenters. The number of likely N-dealkylation sites (tertiary alicyclic amines) is 1. The summed E-state index contributed by atoms with van der Waals surface area (Å²) in [6.07, 6.45) is 9.60. The Labute approximate surface area is 163 Å². The van der Waals surface area contributed by atoms with E-state index in [1.807, 2.05) is 11.1 Å². The topological polar surface area (TPSA) is 73.9 Å². The summed E-state index contributed by atoms with van der Waals surface area (Å²) >= 11 is 0. The van der Waals surface area contributed by atoms with Crippen molar-refractivity contribution in [2.45, 2.75) is 56.2 Å². The van der Waals surface area contributed by atoms with Crippen molar-refractivity contribution in [2.75, 3.05) is 18.4 Å². The number of alkyl halides is 1. The number of fused-ring (bicyclic) bond motifs is 2. The van der Waals surface area contributed by atoms with Gasteiger partial charge in [0.2, 0.25) is 5.91 Å². The molecule has 2 saturated carbocycles. The number of amides is 1. The zero-order valence-electron chi connectivity index (χ0n) is 16.2. The van der Waals surface area contributed by atoms with Crippen LogP contribution in [0.5, 0.6) is 0 Å². The summed E-state index contributed by atoms with van der Waals surface area (Å²) < 4.78 is 15.3. The minimum absolute atomic E-state index is 0.0412. The van der Waals surface area contributed by atoms with Gasteiger partial charge in [-0.15, -0.1) is 0 Å². The van der Waals surface area contributed by atoms with Gasteiger partial charge < -0.3 is 15.2 Å². The molecule has 5 rings (SSSR count). The first-order valence-corrected chi connectivity index (χ1v) is 10.2. The normalized spacial score (nSPS) is 34.3. The predicted octanol–water partition coefficient (Wildman–Crippen LogP) is 3.33. The molecule has 1 amide bonds. The third kappa shape index (κ3) is 2.28. The second-order valence-electron chi connectivity index (χ2n) is 8.61. The summed E-state index contributed by atoms with van der Waals surface area (Å²) in [5, 5.41) is 4.43. The number of halogens is 1. The second-order valence-corrected chi connectivity index (χ2v) is 8.61. The van der Waals surface area contributed by atoms with Gasteiger partial charge in [0.15, 0.2) is 0 Å². The van der Waals surface area contributed by atoms with Crippen LogP contribution in [0.3, 0.4) is 0 Å². The van der Waals surface area contributed by atoms with Gasteiger partial charge in [-0.1, -0.05) is 13.0 Å². The highest BCUT2D eigenvalue weighted by atomic mass is 19.1. The van der Waals surface area contributed by atoms with E-state index in [1.54, 1.807) is 6.92 Å². The molecule has 3 fully saturated rings. The summed E-state index contributed by atoms with van der Waals surface area (Å²) in [5.74, 6) is 0.782. The minimum Gasteiger partial charge on any atom is -0.365 e. The number of carbonyl (C=O) groups excluding carboxylic acids is 1. The Morgan fingerprint density at radius 1 is 1.43 bits per heavy atom. The molecule has 4 atom stereocenters. The number of nitrogens with zero attached hydrogens (tertiary/aromatic N) is 3. The number of aromatic amines is 1.